The van der Waals surface area contributed by atoms with Gasteiger partial charge in [-0.05, 0) is 37.3 Å². The zero-order chi connectivity index (χ0) is 13.9. The molecule has 4 heteroatoms. The van der Waals surface area contributed by atoms with E-state index in [2.05, 4.69) is 53.6 Å². The lowest BCUT2D eigenvalue weighted by Crippen LogP contribution is -2.24. The van der Waals surface area contributed by atoms with Gasteiger partial charge in [-0.1, -0.05) is 36.3 Å². The molecule has 0 aliphatic heterocycles. The van der Waals surface area contributed by atoms with E-state index in [1.54, 1.807) is 0 Å². The minimum Gasteiger partial charge on any atom is -0.338 e. The first-order chi connectivity index (χ1) is 9.78. The third kappa shape index (κ3) is 2.61. The zero-order valence-corrected chi connectivity index (χ0v) is 12.1. The number of hydrogen-bond acceptors (Lipinski definition) is 4. The van der Waals surface area contributed by atoms with Gasteiger partial charge in [-0.15, -0.1) is 0 Å². The Morgan fingerprint density at radius 3 is 3.10 bits per heavy atom. The molecule has 4 nitrogen and oxygen atoms in total. The molecule has 1 aliphatic carbocycles. The van der Waals surface area contributed by atoms with Gasteiger partial charge in [0.2, 0.25) is 5.89 Å². The van der Waals surface area contributed by atoms with Crippen LogP contribution in [0.25, 0.3) is 0 Å². The molecular formula is C16H21N3O. The molecule has 0 saturated carbocycles. The van der Waals surface area contributed by atoms with Crippen LogP contribution < -0.4 is 5.32 Å². The summed E-state index contributed by atoms with van der Waals surface area (Å²) < 4.78 is 5.36. The summed E-state index contributed by atoms with van der Waals surface area (Å²) in [5.41, 5.74) is 2.77. The predicted molar refractivity (Wildman–Crippen MR) is 77.5 cm³/mol. The first kappa shape index (κ1) is 13.3. The molecule has 2 atom stereocenters. The van der Waals surface area contributed by atoms with Crippen molar-refractivity contribution in [2.45, 2.75) is 51.6 Å². The Balaban J connectivity index is 1.72. The first-order valence-electron chi connectivity index (χ1n) is 7.41. The van der Waals surface area contributed by atoms with Gasteiger partial charge in [0.05, 0.1) is 6.54 Å². The summed E-state index contributed by atoms with van der Waals surface area (Å²) in [6, 6.07) is 9.03. The molecule has 0 fully saturated rings. The summed E-state index contributed by atoms with van der Waals surface area (Å²) >= 11 is 0. The van der Waals surface area contributed by atoms with Crippen LogP contribution in [0, 0.1) is 0 Å². The molecule has 0 spiro atoms. The van der Waals surface area contributed by atoms with Crippen molar-refractivity contribution in [3.63, 3.8) is 0 Å². The number of aryl methyl sites for hydroxylation is 1. The molecule has 20 heavy (non-hydrogen) atoms. The van der Waals surface area contributed by atoms with Crippen molar-refractivity contribution in [2.75, 3.05) is 0 Å². The molecule has 2 aromatic rings. The van der Waals surface area contributed by atoms with Gasteiger partial charge in [-0.2, -0.15) is 4.98 Å². The molecule has 1 heterocycles. The second-order valence-electron chi connectivity index (χ2n) is 5.53. The van der Waals surface area contributed by atoms with Crippen molar-refractivity contribution in [2.24, 2.45) is 0 Å². The number of nitrogens with zero attached hydrogens (tertiary/aromatic N) is 2. The fraction of sp³-hybridized carbons (Fsp3) is 0.500. The molecule has 1 aliphatic rings. The summed E-state index contributed by atoms with van der Waals surface area (Å²) in [6.07, 6.45) is 3.28. The highest BCUT2D eigenvalue weighted by molar-refractivity contribution is 5.38. The van der Waals surface area contributed by atoms with E-state index in [1.807, 2.05) is 0 Å². The maximum absolute atomic E-state index is 5.36. The minimum absolute atomic E-state index is 0.298. The summed E-state index contributed by atoms with van der Waals surface area (Å²) in [5, 5.41) is 7.55. The molecule has 1 aromatic carbocycles. The van der Waals surface area contributed by atoms with Gasteiger partial charge < -0.3 is 9.84 Å². The summed E-state index contributed by atoms with van der Waals surface area (Å²) in [7, 11) is 0. The lowest BCUT2D eigenvalue weighted by Gasteiger charge is -2.08. The van der Waals surface area contributed by atoms with Crippen LogP contribution in [-0.4, -0.2) is 16.2 Å². The van der Waals surface area contributed by atoms with Crippen LogP contribution in [0.2, 0.25) is 0 Å². The molecule has 0 radical (unpaired) electrons. The highest BCUT2D eigenvalue weighted by Crippen LogP contribution is 2.36. The van der Waals surface area contributed by atoms with E-state index in [0.717, 1.165) is 25.1 Å². The maximum Gasteiger partial charge on any atom is 0.240 e. The van der Waals surface area contributed by atoms with E-state index in [-0.39, 0.29) is 0 Å². The Morgan fingerprint density at radius 1 is 1.40 bits per heavy atom. The molecule has 1 N–H and O–H groups in total. The molecule has 106 valence electrons. The van der Waals surface area contributed by atoms with E-state index in [9.17, 15) is 0 Å². The van der Waals surface area contributed by atoms with Gasteiger partial charge in [-0.3, -0.25) is 0 Å². The highest BCUT2D eigenvalue weighted by Gasteiger charge is 2.27. The largest absolute Gasteiger partial charge is 0.338 e. The Hall–Kier alpha value is -1.68. The van der Waals surface area contributed by atoms with Crippen LogP contribution in [0.3, 0.4) is 0 Å². The quantitative estimate of drug-likeness (QED) is 0.908. The lowest BCUT2D eigenvalue weighted by atomic mass is 10.0. The van der Waals surface area contributed by atoms with Crippen molar-refractivity contribution >= 4 is 0 Å². The topological polar surface area (TPSA) is 51.0 Å². The average Bonchev–Trinajstić information content (AvgIpc) is 3.10. The van der Waals surface area contributed by atoms with Crippen molar-refractivity contribution < 1.29 is 4.52 Å². The number of benzene rings is 1. The monoisotopic (exact) mass is 271 g/mol. The molecule has 2 unspecified atom stereocenters. The van der Waals surface area contributed by atoms with Gasteiger partial charge >= 0.3 is 0 Å². The molecule has 1 aromatic heterocycles. The van der Waals surface area contributed by atoms with Crippen molar-refractivity contribution in [1.29, 1.82) is 0 Å². The second kappa shape index (κ2) is 5.75. The smallest absolute Gasteiger partial charge is 0.240 e. The first-order valence-corrected chi connectivity index (χ1v) is 7.41. The van der Waals surface area contributed by atoms with Crippen molar-refractivity contribution in [1.82, 2.24) is 15.5 Å². The Bertz CT molecular complexity index is 579. The van der Waals surface area contributed by atoms with E-state index < -0.39 is 0 Å². The van der Waals surface area contributed by atoms with Crippen LogP contribution >= 0.6 is 0 Å². The summed E-state index contributed by atoms with van der Waals surface area (Å²) in [5.74, 6) is 1.81. The zero-order valence-electron chi connectivity index (χ0n) is 12.1. The van der Waals surface area contributed by atoms with Gasteiger partial charge in [0.15, 0.2) is 5.82 Å². The van der Waals surface area contributed by atoms with E-state index >= 15 is 0 Å². The average molecular weight is 271 g/mol. The summed E-state index contributed by atoms with van der Waals surface area (Å²) in [4.78, 5) is 4.56. The van der Waals surface area contributed by atoms with Crippen LogP contribution in [0.4, 0.5) is 0 Å². The van der Waals surface area contributed by atoms with Gasteiger partial charge in [-0.25, -0.2) is 0 Å². The fourth-order valence-corrected chi connectivity index (χ4v) is 2.71. The number of hydrogen-bond donors (Lipinski definition) is 1. The molecule has 0 amide bonds. The predicted octanol–water partition coefficient (Wildman–Crippen LogP) is 3.04. The Kier molecular flexibility index (Phi) is 3.83. The molecule has 0 saturated heterocycles. The Morgan fingerprint density at radius 2 is 2.25 bits per heavy atom. The SMILES string of the molecule is CCC(C)NCc1nc(C2CCc3ccccc32)no1. The normalized spacial score (nSPS) is 19.0. The van der Waals surface area contributed by atoms with E-state index in [0.29, 0.717) is 24.4 Å². The van der Waals surface area contributed by atoms with Crippen molar-refractivity contribution in [3.8, 4) is 0 Å². The number of fused-ring (bicyclic) bond motifs is 1. The van der Waals surface area contributed by atoms with Gasteiger partial charge in [0.25, 0.3) is 0 Å². The van der Waals surface area contributed by atoms with Gasteiger partial charge in [0.1, 0.15) is 0 Å². The second-order valence-corrected chi connectivity index (χ2v) is 5.53. The third-order valence-electron chi connectivity index (χ3n) is 4.14. The molecular weight excluding hydrogens is 250 g/mol. The standard InChI is InChI=1S/C16H21N3O/c1-3-11(2)17-10-15-18-16(19-20-15)14-9-8-12-6-4-5-7-13(12)14/h4-7,11,14,17H,3,8-10H2,1-2H3. The van der Waals surface area contributed by atoms with Crippen LogP contribution in [-0.2, 0) is 13.0 Å². The third-order valence-corrected chi connectivity index (χ3v) is 4.14. The van der Waals surface area contributed by atoms with Gasteiger partial charge in [0, 0.05) is 12.0 Å². The van der Waals surface area contributed by atoms with Crippen LogP contribution in [0.15, 0.2) is 28.8 Å². The fourth-order valence-electron chi connectivity index (χ4n) is 2.71. The van der Waals surface area contributed by atoms with Crippen LogP contribution in [0.1, 0.15) is 55.4 Å². The minimum atomic E-state index is 0.298. The Labute approximate surface area is 119 Å². The van der Waals surface area contributed by atoms with Crippen molar-refractivity contribution in [3.05, 3.63) is 47.1 Å². The van der Waals surface area contributed by atoms with E-state index in [1.165, 1.54) is 11.1 Å². The molecule has 0 bridgehead atoms. The lowest BCUT2D eigenvalue weighted by molar-refractivity contribution is 0.353. The maximum atomic E-state index is 5.36. The van der Waals surface area contributed by atoms with Crippen LogP contribution in [0.5, 0.6) is 0 Å². The number of nitrogens with one attached hydrogen (secondary N) is 1. The summed E-state index contributed by atoms with van der Waals surface area (Å²) in [6.45, 7) is 4.97. The highest BCUT2D eigenvalue weighted by atomic mass is 16.5. The molecule has 3 rings (SSSR count). The van der Waals surface area contributed by atoms with E-state index in [4.69, 9.17) is 4.52 Å². The number of rotatable bonds is 5. The number of aromatic nitrogens is 2.